The Balaban J connectivity index is 1.71. The normalized spacial score (nSPS) is 13.9. The zero-order valence-corrected chi connectivity index (χ0v) is 16.6. The van der Waals surface area contributed by atoms with Crippen LogP contribution in [-0.4, -0.2) is 27.7 Å². The first-order valence-corrected chi connectivity index (χ1v) is 9.66. The third kappa shape index (κ3) is 4.69. The average molecular weight is 414 g/mol. The second-order valence-corrected chi connectivity index (χ2v) is 7.40. The number of para-hydroxylation sites is 1. The van der Waals surface area contributed by atoms with Crippen molar-refractivity contribution in [3.05, 3.63) is 59.8 Å². The smallest absolute Gasteiger partial charge is 0.422 e. The lowest BCUT2D eigenvalue weighted by Gasteiger charge is -2.19. The number of aryl methyl sites for hydroxylation is 2. The first-order chi connectivity index (χ1) is 14.3. The predicted molar refractivity (Wildman–Crippen MR) is 108 cm³/mol. The number of nitrogens with zero attached hydrogens (tertiary/aromatic N) is 3. The van der Waals surface area contributed by atoms with Crippen molar-refractivity contribution in [1.82, 2.24) is 15.0 Å². The number of aromatic nitrogens is 3. The number of alkyl halides is 3. The molecule has 2 aromatic heterocycles. The summed E-state index contributed by atoms with van der Waals surface area (Å²) in [5, 5.41) is 3.05. The van der Waals surface area contributed by atoms with Crippen LogP contribution >= 0.6 is 0 Å². The first-order valence-electron chi connectivity index (χ1n) is 9.66. The van der Waals surface area contributed by atoms with Gasteiger partial charge in [-0.3, -0.25) is 9.97 Å². The lowest BCUT2D eigenvalue weighted by molar-refractivity contribution is -0.153. The van der Waals surface area contributed by atoms with E-state index in [1.165, 1.54) is 0 Å². The Labute approximate surface area is 172 Å². The molecule has 30 heavy (non-hydrogen) atoms. The summed E-state index contributed by atoms with van der Waals surface area (Å²) >= 11 is 0. The molecule has 4 rings (SSSR count). The minimum Gasteiger partial charge on any atom is -0.481 e. The van der Waals surface area contributed by atoms with E-state index in [1.54, 1.807) is 30.6 Å². The fraction of sp³-hybridized carbons (Fsp3) is 0.318. The summed E-state index contributed by atoms with van der Waals surface area (Å²) in [4.78, 5) is 13.2. The molecule has 1 aromatic carbocycles. The van der Waals surface area contributed by atoms with E-state index in [0.29, 0.717) is 34.2 Å². The molecule has 0 saturated heterocycles. The van der Waals surface area contributed by atoms with E-state index >= 15 is 0 Å². The first kappa shape index (κ1) is 20.1. The maximum absolute atomic E-state index is 12.9. The number of nitrogens with one attached hydrogen (secondary N) is 1. The maximum atomic E-state index is 12.9. The molecule has 8 heteroatoms. The number of halogens is 3. The van der Waals surface area contributed by atoms with E-state index in [0.717, 1.165) is 24.2 Å². The van der Waals surface area contributed by atoms with Gasteiger partial charge in [0.1, 0.15) is 5.82 Å². The van der Waals surface area contributed by atoms with Crippen molar-refractivity contribution in [3.8, 4) is 16.9 Å². The Morgan fingerprint density at radius 1 is 1.03 bits per heavy atom. The van der Waals surface area contributed by atoms with Gasteiger partial charge in [0.05, 0.1) is 23.8 Å². The lowest BCUT2D eigenvalue weighted by Crippen LogP contribution is -2.20. The molecular weight excluding hydrogens is 393 g/mol. The zero-order valence-electron chi connectivity index (χ0n) is 16.6. The number of hydrogen-bond donors (Lipinski definition) is 1. The average Bonchev–Trinajstić information content (AvgIpc) is 3.52. The van der Waals surface area contributed by atoms with Gasteiger partial charge in [0, 0.05) is 28.4 Å². The van der Waals surface area contributed by atoms with E-state index in [-0.39, 0.29) is 5.75 Å². The second kappa shape index (κ2) is 7.93. The Kier molecular flexibility index (Phi) is 5.32. The molecular formula is C22H21F3N4O. The number of ether oxygens (including phenoxy) is 1. The number of anilines is 2. The highest BCUT2D eigenvalue weighted by Gasteiger charge is 2.30. The summed E-state index contributed by atoms with van der Waals surface area (Å²) in [6, 6.07) is 8.78. The van der Waals surface area contributed by atoms with E-state index in [2.05, 4.69) is 20.3 Å². The van der Waals surface area contributed by atoms with Crippen LogP contribution in [0.1, 0.15) is 35.8 Å². The van der Waals surface area contributed by atoms with Crippen molar-refractivity contribution >= 4 is 11.5 Å². The molecule has 0 atom stereocenters. The fourth-order valence-electron chi connectivity index (χ4n) is 3.26. The molecule has 0 radical (unpaired) electrons. The van der Waals surface area contributed by atoms with Crippen LogP contribution in [0.5, 0.6) is 5.75 Å². The summed E-state index contributed by atoms with van der Waals surface area (Å²) in [6.45, 7) is 2.28. The molecule has 0 aliphatic heterocycles. The summed E-state index contributed by atoms with van der Waals surface area (Å²) < 4.78 is 44.0. The molecule has 0 amide bonds. The van der Waals surface area contributed by atoms with Gasteiger partial charge in [0.15, 0.2) is 12.4 Å². The van der Waals surface area contributed by atoms with Crippen LogP contribution in [0.4, 0.5) is 24.7 Å². The van der Waals surface area contributed by atoms with Crippen molar-refractivity contribution in [2.24, 2.45) is 0 Å². The topological polar surface area (TPSA) is 59.9 Å². The van der Waals surface area contributed by atoms with Gasteiger partial charge in [-0.15, -0.1) is 0 Å². The van der Waals surface area contributed by atoms with Gasteiger partial charge in [-0.1, -0.05) is 18.2 Å². The van der Waals surface area contributed by atoms with Crippen molar-refractivity contribution in [1.29, 1.82) is 0 Å². The second-order valence-electron chi connectivity index (χ2n) is 7.40. The highest BCUT2D eigenvalue weighted by Crippen LogP contribution is 2.41. The maximum Gasteiger partial charge on any atom is 0.422 e. The molecule has 1 aliphatic carbocycles. The van der Waals surface area contributed by atoms with Gasteiger partial charge in [-0.25, -0.2) is 4.98 Å². The Hall–Kier alpha value is -3.16. The molecule has 0 unspecified atom stereocenters. The minimum atomic E-state index is -4.46. The summed E-state index contributed by atoms with van der Waals surface area (Å²) in [5.74, 6) is 1.00. The van der Waals surface area contributed by atoms with Gasteiger partial charge in [-0.2, -0.15) is 13.2 Å². The quantitative estimate of drug-likeness (QED) is 0.559. The van der Waals surface area contributed by atoms with Crippen molar-refractivity contribution in [2.45, 2.75) is 38.8 Å². The van der Waals surface area contributed by atoms with Gasteiger partial charge < -0.3 is 10.1 Å². The van der Waals surface area contributed by atoms with Gasteiger partial charge in [-0.05, 0) is 38.8 Å². The van der Waals surface area contributed by atoms with Crippen molar-refractivity contribution in [2.75, 3.05) is 11.9 Å². The van der Waals surface area contributed by atoms with Gasteiger partial charge >= 0.3 is 6.18 Å². The van der Waals surface area contributed by atoms with Crippen LogP contribution < -0.4 is 10.1 Å². The third-order valence-corrected chi connectivity index (χ3v) is 4.84. The Morgan fingerprint density at radius 3 is 2.47 bits per heavy atom. The molecule has 0 bridgehead atoms. The minimum absolute atomic E-state index is 0.0941. The van der Waals surface area contributed by atoms with E-state index in [4.69, 9.17) is 4.74 Å². The SMILES string of the molecule is Cc1ccc(-c2cccc(Nc3cnc(C4CC4)cn3)c2OCC(F)(F)F)c(C)n1. The van der Waals surface area contributed by atoms with Crippen LogP contribution in [0.3, 0.4) is 0 Å². The summed E-state index contributed by atoms with van der Waals surface area (Å²) in [5.41, 5.74) is 4.08. The number of rotatable bonds is 6. The molecule has 1 saturated carbocycles. The highest BCUT2D eigenvalue weighted by atomic mass is 19.4. The largest absolute Gasteiger partial charge is 0.481 e. The Morgan fingerprint density at radius 2 is 1.83 bits per heavy atom. The number of pyridine rings is 1. The van der Waals surface area contributed by atoms with E-state index in [1.807, 2.05) is 26.0 Å². The fourth-order valence-corrected chi connectivity index (χ4v) is 3.26. The molecule has 5 nitrogen and oxygen atoms in total. The van der Waals surface area contributed by atoms with Gasteiger partial charge in [0.25, 0.3) is 0 Å². The van der Waals surface area contributed by atoms with E-state index in [9.17, 15) is 13.2 Å². The van der Waals surface area contributed by atoms with Crippen LogP contribution in [-0.2, 0) is 0 Å². The van der Waals surface area contributed by atoms with Crippen molar-refractivity contribution < 1.29 is 17.9 Å². The van der Waals surface area contributed by atoms with Crippen LogP contribution in [0.25, 0.3) is 11.1 Å². The van der Waals surface area contributed by atoms with Crippen LogP contribution in [0.15, 0.2) is 42.7 Å². The Bertz CT molecular complexity index is 1050. The zero-order chi connectivity index (χ0) is 21.3. The molecule has 3 aromatic rings. The number of benzene rings is 1. The molecule has 1 fully saturated rings. The molecule has 0 spiro atoms. The predicted octanol–water partition coefficient (Wildman–Crippen LogP) is 5.72. The monoisotopic (exact) mass is 414 g/mol. The van der Waals surface area contributed by atoms with Crippen LogP contribution in [0.2, 0.25) is 0 Å². The third-order valence-electron chi connectivity index (χ3n) is 4.84. The molecule has 156 valence electrons. The highest BCUT2D eigenvalue weighted by molar-refractivity contribution is 5.81. The van der Waals surface area contributed by atoms with Crippen molar-refractivity contribution in [3.63, 3.8) is 0 Å². The molecule has 1 aliphatic rings. The van der Waals surface area contributed by atoms with E-state index < -0.39 is 12.8 Å². The lowest BCUT2D eigenvalue weighted by atomic mass is 10.0. The van der Waals surface area contributed by atoms with Crippen LogP contribution in [0, 0.1) is 13.8 Å². The number of hydrogen-bond acceptors (Lipinski definition) is 5. The van der Waals surface area contributed by atoms with Gasteiger partial charge in [0.2, 0.25) is 0 Å². The molecule has 2 heterocycles. The standard InChI is InChI=1S/C22H21F3N4O/c1-13-6-9-16(14(2)28-13)17-4-3-5-18(21(17)30-12-22(23,24)25)29-20-11-26-19(10-27-20)15-7-8-15/h3-6,9-11,15H,7-8,12H2,1-2H3,(H,27,29). The summed E-state index contributed by atoms with van der Waals surface area (Å²) in [7, 11) is 0. The summed E-state index contributed by atoms with van der Waals surface area (Å²) in [6.07, 6.45) is 1.06. The molecule has 1 N–H and O–H groups in total.